The Labute approximate surface area is 114 Å². The van der Waals surface area contributed by atoms with Gasteiger partial charge in [0.1, 0.15) is 0 Å². The Morgan fingerprint density at radius 3 is 2.58 bits per heavy atom. The molecule has 1 aliphatic heterocycles. The van der Waals surface area contributed by atoms with Crippen molar-refractivity contribution < 1.29 is 9.90 Å². The monoisotopic (exact) mass is 262 g/mol. The van der Waals surface area contributed by atoms with Crippen molar-refractivity contribution in [2.75, 3.05) is 6.54 Å². The molecule has 2 rings (SSSR count). The number of nitrogens with zero attached hydrogens (tertiary/aromatic N) is 1. The van der Waals surface area contributed by atoms with E-state index in [0.717, 1.165) is 13.0 Å². The van der Waals surface area contributed by atoms with Gasteiger partial charge in [-0.2, -0.15) is 0 Å². The van der Waals surface area contributed by atoms with Crippen LogP contribution in [0, 0.1) is 0 Å². The van der Waals surface area contributed by atoms with Crippen LogP contribution in [0.4, 0.5) is 4.79 Å². The van der Waals surface area contributed by atoms with Crippen LogP contribution in [0.1, 0.15) is 31.9 Å². The number of carboxylic acid groups (broad SMARTS) is 1. The second kappa shape index (κ2) is 5.21. The highest BCUT2D eigenvalue weighted by Gasteiger charge is 2.29. The van der Waals surface area contributed by atoms with Crippen molar-refractivity contribution in [1.82, 2.24) is 10.2 Å². The van der Waals surface area contributed by atoms with Crippen LogP contribution in [0.2, 0.25) is 0 Å². The van der Waals surface area contributed by atoms with Crippen molar-refractivity contribution in [1.29, 1.82) is 0 Å². The van der Waals surface area contributed by atoms with Gasteiger partial charge in [0.2, 0.25) is 0 Å². The lowest BCUT2D eigenvalue weighted by atomic mass is 9.94. The summed E-state index contributed by atoms with van der Waals surface area (Å²) in [7, 11) is 0. The van der Waals surface area contributed by atoms with Gasteiger partial charge < -0.3 is 15.3 Å². The zero-order valence-electron chi connectivity index (χ0n) is 11.8. The molecule has 4 heteroatoms. The van der Waals surface area contributed by atoms with Gasteiger partial charge >= 0.3 is 6.09 Å². The summed E-state index contributed by atoms with van der Waals surface area (Å²) in [5.41, 5.74) is 2.27. The van der Waals surface area contributed by atoms with Crippen LogP contribution >= 0.6 is 0 Å². The largest absolute Gasteiger partial charge is 0.465 e. The first kappa shape index (κ1) is 13.9. The minimum atomic E-state index is -0.854. The lowest BCUT2D eigenvalue weighted by Gasteiger charge is -2.37. The Kier molecular flexibility index (Phi) is 3.80. The van der Waals surface area contributed by atoms with Gasteiger partial charge in [-0.05, 0) is 38.3 Å². The molecular weight excluding hydrogens is 240 g/mol. The van der Waals surface area contributed by atoms with Gasteiger partial charge in [-0.3, -0.25) is 0 Å². The summed E-state index contributed by atoms with van der Waals surface area (Å²) >= 11 is 0. The molecule has 0 saturated heterocycles. The van der Waals surface area contributed by atoms with Crippen LogP contribution in [0.5, 0.6) is 0 Å². The van der Waals surface area contributed by atoms with Gasteiger partial charge in [0.05, 0.1) is 0 Å². The number of amides is 1. The van der Waals surface area contributed by atoms with E-state index in [-0.39, 0.29) is 11.6 Å². The van der Waals surface area contributed by atoms with Gasteiger partial charge in [0.25, 0.3) is 0 Å². The fourth-order valence-corrected chi connectivity index (χ4v) is 2.51. The minimum Gasteiger partial charge on any atom is -0.465 e. The molecule has 0 unspecified atom stereocenters. The van der Waals surface area contributed by atoms with E-state index in [0.29, 0.717) is 6.54 Å². The molecule has 1 aliphatic rings. The van der Waals surface area contributed by atoms with Crippen molar-refractivity contribution in [3.63, 3.8) is 0 Å². The third-order valence-corrected chi connectivity index (χ3v) is 3.61. The first-order valence-electron chi connectivity index (χ1n) is 6.68. The van der Waals surface area contributed by atoms with Gasteiger partial charge in [0, 0.05) is 24.7 Å². The highest BCUT2D eigenvalue weighted by molar-refractivity contribution is 5.66. The van der Waals surface area contributed by atoms with Crippen molar-refractivity contribution in [3.05, 3.63) is 35.4 Å². The predicted octanol–water partition coefficient (Wildman–Crippen LogP) is 2.48. The number of rotatable bonds is 2. The van der Waals surface area contributed by atoms with Gasteiger partial charge in [-0.15, -0.1) is 0 Å². The maximum absolute atomic E-state index is 11.4. The van der Waals surface area contributed by atoms with E-state index in [1.165, 1.54) is 16.0 Å². The Bertz CT molecular complexity index is 465. The molecule has 104 valence electrons. The van der Waals surface area contributed by atoms with Gasteiger partial charge in [-0.1, -0.05) is 24.3 Å². The highest BCUT2D eigenvalue weighted by Crippen LogP contribution is 2.20. The van der Waals surface area contributed by atoms with Crippen molar-refractivity contribution in [3.8, 4) is 0 Å². The normalized spacial score (nSPS) is 18.8. The highest BCUT2D eigenvalue weighted by atomic mass is 16.4. The average Bonchev–Trinajstić information content (AvgIpc) is 2.34. The molecule has 0 fully saturated rings. The number of nitrogens with one attached hydrogen (secondary N) is 1. The average molecular weight is 262 g/mol. The van der Waals surface area contributed by atoms with E-state index in [2.05, 4.69) is 17.4 Å². The maximum atomic E-state index is 11.4. The van der Waals surface area contributed by atoms with E-state index in [9.17, 15) is 9.90 Å². The van der Waals surface area contributed by atoms with Crippen LogP contribution < -0.4 is 5.32 Å². The van der Waals surface area contributed by atoms with Crippen LogP contribution in [0.25, 0.3) is 0 Å². The summed E-state index contributed by atoms with van der Waals surface area (Å²) in [4.78, 5) is 12.9. The van der Waals surface area contributed by atoms with Gasteiger partial charge in [0.15, 0.2) is 0 Å². The molecule has 0 spiro atoms. The smallest absolute Gasteiger partial charge is 0.407 e. The molecule has 0 aliphatic carbocycles. The Morgan fingerprint density at radius 2 is 2.00 bits per heavy atom. The molecule has 0 saturated carbocycles. The lowest BCUT2D eigenvalue weighted by molar-refractivity contribution is 0.0921. The molecule has 19 heavy (non-hydrogen) atoms. The third kappa shape index (κ3) is 3.26. The Hall–Kier alpha value is -1.55. The summed E-state index contributed by atoms with van der Waals surface area (Å²) in [6.07, 6.45) is 0.0314. The van der Waals surface area contributed by atoms with E-state index in [1.54, 1.807) is 0 Å². The number of hydrogen-bond donors (Lipinski definition) is 2. The third-order valence-electron chi connectivity index (χ3n) is 3.61. The summed E-state index contributed by atoms with van der Waals surface area (Å²) in [5, 5.41) is 12.8. The Balaban J connectivity index is 2.07. The standard InChI is InChI=1S/C15H22N2O2/c1-15(2,3)17(14(18)19)10-13-8-11-6-4-5-7-12(11)9-16-13/h4-7,13,16H,8-10H2,1-3H3,(H,18,19)/t13-/m0/s1. The van der Waals surface area contributed by atoms with Crippen molar-refractivity contribution >= 4 is 6.09 Å². The molecule has 4 nitrogen and oxygen atoms in total. The van der Waals surface area contributed by atoms with Crippen LogP contribution in [-0.2, 0) is 13.0 Å². The quantitative estimate of drug-likeness (QED) is 0.861. The zero-order valence-corrected chi connectivity index (χ0v) is 11.8. The van der Waals surface area contributed by atoms with Crippen LogP contribution in [-0.4, -0.2) is 34.2 Å². The molecule has 0 aromatic heterocycles. The number of carbonyl (C=O) groups is 1. The van der Waals surface area contributed by atoms with Crippen molar-refractivity contribution in [2.24, 2.45) is 0 Å². The summed E-state index contributed by atoms with van der Waals surface area (Å²) in [6.45, 7) is 7.12. The first-order chi connectivity index (χ1) is 8.88. The molecule has 1 atom stereocenters. The number of fused-ring (bicyclic) bond motifs is 1. The predicted molar refractivity (Wildman–Crippen MR) is 75.3 cm³/mol. The fraction of sp³-hybridized carbons (Fsp3) is 0.533. The molecule has 0 bridgehead atoms. The molecular formula is C15H22N2O2. The summed E-state index contributed by atoms with van der Waals surface area (Å²) < 4.78 is 0. The van der Waals surface area contributed by atoms with E-state index in [1.807, 2.05) is 32.9 Å². The van der Waals surface area contributed by atoms with E-state index < -0.39 is 6.09 Å². The van der Waals surface area contributed by atoms with E-state index >= 15 is 0 Å². The molecule has 1 heterocycles. The van der Waals surface area contributed by atoms with Crippen LogP contribution in [0.3, 0.4) is 0 Å². The lowest BCUT2D eigenvalue weighted by Crippen LogP contribution is -2.53. The maximum Gasteiger partial charge on any atom is 0.407 e. The summed E-state index contributed by atoms with van der Waals surface area (Å²) in [6, 6.07) is 8.52. The van der Waals surface area contributed by atoms with Crippen LogP contribution in [0.15, 0.2) is 24.3 Å². The molecule has 1 aromatic rings. The van der Waals surface area contributed by atoms with E-state index in [4.69, 9.17) is 0 Å². The number of benzene rings is 1. The van der Waals surface area contributed by atoms with Gasteiger partial charge in [-0.25, -0.2) is 4.79 Å². The molecule has 0 radical (unpaired) electrons. The van der Waals surface area contributed by atoms with Crippen molar-refractivity contribution in [2.45, 2.75) is 45.3 Å². The Morgan fingerprint density at radius 1 is 1.37 bits per heavy atom. The SMILES string of the molecule is CC(C)(C)N(C[C@@H]1Cc2ccccc2CN1)C(=O)O. The topological polar surface area (TPSA) is 52.6 Å². The molecule has 1 amide bonds. The molecule has 1 aromatic carbocycles. The zero-order chi connectivity index (χ0) is 14.0. The minimum absolute atomic E-state index is 0.185. The second-order valence-corrected chi connectivity index (χ2v) is 6.11. The fourth-order valence-electron chi connectivity index (χ4n) is 2.51. The first-order valence-corrected chi connectivity index (χ1v) is 6.68. The summed E-state index contributed by atoms with van der Waals surface area (Å²) in [5.74, 6) is 0. The molecule has 2 N–H and O–H groups in total. The second-order valence-electron chi connectivity index (χ2n) is 6.11. The number of hydrogen-bond acceptors (Lipinski definition) is 2.